The average Bonchev–Trinajstić information content (AvgIpc) is 3.04. The second kappa shape index (κ2) is 4.27. The van der Waals surface area contributed by atoms with E-state index >= 15 is 0 Å². The maximum absolute atomic E-state index is 5.82. The molecule has 0 atom stereocenters. The van der Waals surface area contributed by atoms with Gasteiger partial charge in [-0.1, -0.05) is 13.8 Å². The van der Waals surface area contributed by atoms with Crippen molar-refractivity contribution in [3.05, 3.63) is 29.5 Å². The lowest BCUT2D eigenvalue weighted by molar-refractivity contribution is 0.579. The van der Waals surface area contributed by atoms with Crippen LogP contribution in [0.3, 0.4) is 0 Å². The summed E-state index contributed by atoms with van der Waals surface area (Å²) in [5.74, 6) is 2.11. The molecule has 108 valence electrons. The van der Waals surface area contributed by atoms with Crippen LogP contribution in [-0.2, 0) is 12.2 Å². The number of H-pyrrole nitrogens is 1. The number of thioether (sulfide) groups is 1. The minimum atomic E-state index is 0.196. The fourth-order valence-electron chi connectivity index (χ4n) is 2.85. The van der Waals surface area contributed by atoms with E-state index in [4.69, 9.17) is 10.2 Å². The summed E-state index contributed by atoms with van der Waals surface area (Å²) in [4.78, 5) is 12.1. The molecule has 0 spiro atoms. The van der Waals surface area contributed by atoms with Crippen molar-refractivity contribution in [3.8, 4) is 11.5 Å². The summed E-state index contributed by atoms with van der Waals surface area (Å²) >= 11 is 1.94. The summed E-state index contributed by atoms with van der Waals surface area (Å²) in [5, 5.41) is 0. The van der Waals surface area contributed by atoms with E-state index in [-0.39, 0.29) is 4.75 Å². The summed E-state index contributed by atoms with van der Waals surface area (Å²) in [7, 11) is 0. The maximum atomic E-state index is 5.82. The number of furan rings is 1. The predicted octanol–water partition coefficient (Wildman–Crippen LogP) is 3.37. The van der Waals surface area contributed by atoms with E-state index in [0.717, 1.165) is 29.1 Å². The van der Waals surface area contributed by atoms with Gasteiger partial charge >= 0.3 is 0 Å². The molecule has 6 heteroatoms. The largest absolute Gasteiger partial charge is 0.463 e. The molecule has 1 aliphatic rings. The quantitative estimate of drug-likeness (QED) is 0.720. The Balaban J connectivity index is 2.04. The molecule has 1 aliphatic heterocycles. The normalized spacial score (nSPS) is 17.0. The topological polar surface area (TPSA) is 80.7 Å². The number of nitrogens with zero attached hydrogens (tertiary/aromatic N) is 2. The number of rotatable bonds is 1. The van der Waals surface area contributed by atoms with E-state index in [1.807, 2.05) is 23.9 Å². The molecule has 3 aromatic heterocycles. The Kier molecular flexibility index (Phi) is 2.60. The highest BCUT2D eigenvalue weighted by atomic mass is 32.2. The fraction of sp³-hybridized carbons (Fsp3) is 0.333. The van der Waals surface area contributed by atoms with Gasteiger partial charge in [0.1, 0.15) is 5.69 Å². The summed E-state index contributed by atoms with van der Waals surface area (Å²) in [6.07, 6.45) is 2.63. The number of pyridine rings is 1. The zero-order valence-corrected chi connectivity index (χ0v) is 12.8. The Morgan fingerprint density at radius 3 is 2.95 bits per heavy atom. The first-order chi connectivity index (χ1) is 10.0. The van der Waals surface area contributed by atoms with Crippen molar-refractivity contribution in [1.82, 2.24) is 15.0 Å². The maximum Gasteiger partial charge on any atom is 0.200 e. The Morgan fingerprint density at radius 2 is 2.19 bits per heavy atom. The van der Waals surface area contributed by atoms with E-state index < -0.39 is 0 Å². The molecular formula is C15H16N4OS. The van der Waals surface area contributed by atoms with Gasteiger partial charge in [-0.2, -0.15) is 16.7 Å². The molecule has 21 heavy (non-hydrogen) atoms. The number of hydrogen-bond donors (Lipinski definition) is 2. The number of nitrogens with one attached hydrogen (secondary N) is 1. The molecule has 4 rings (SSSR count). The van der Waals surface area contributed by atoms with Crippen molar-refractivity contribution in [1.29, 1.82) is 0 Å². The van der Waals surface area contributed by atoms with Gasteiger partial charge in [0.05, 0.1) is 11.8 Å². The number of fused-ring (bicyclic) bond motifs is 3. The van der Waals surface area contributed by atoms with Gasteiger partial charge in [-0.3, -0.25) is 0 Å². The van der Waals surface area contributed by atoms with Crippen LogP contribution in [0.1, 0.15) is 25.0 Å². The fourth-order valence-corrected chi connectivity index (χ4v) is 3.94. The predicted molar refractivity (Wildman–Crippen MR) is 85.1 cm³/mol. The summed E-state index contributed by atoms with van der Waals surface area (Å²) in [5.41, 5.74) is 10.8. The molecule has 0 unspecified atom stereocenters. The molecule has 0 aromatic carbocycles. The molecule has 0 aliphatic carbocycles. The number of anilines is 1. The third-order valence-electron chi connectivity index (χ3n) is 3.84. The molecule has 0 bridgehead atoms. The van der Waals surface area contributed by atoms with Gasteiger partial charge in [0.2, 0.25) is 0 Å². The van der Waals surface area contributed by atoms with Gasteiger partial charge in [-0.15, -0.1) is 0 Å². The molecular weight excluding hydrogens is 284 g/mol. The smallest absolute Gasteiger partial charge is 0.200 e. The highest BCUT2D eigenvalue weighted by Gasteiger charge is 2.31. The van der Waals surface area contributed by atoms with Crippen molar-refractivity contribution in [2.75, 3.05) is 5.73 Å². The van der Waals surface area contributed by atoms with Gasteiger partial charge in [-0.05, 0) is 29.7 Å². The number of nitrogen functional groups attached to an aromatic ring is 1. The molecule has 3 aromatic rings. The number of aromatic amines is 1. The zero-order valence-electron chi connectivity index (χ0n) is 11.9. The van der Waals surface area contributed by atoms with Gasteiger partial charge in [0, 0.05) is 10.5 Å². The molecule has 0 saturated heterocycles. The van der Waals surface area contributed by atoms with Crippen LogP contribution in [0.4, 0.5) is 5.95 Å². The monoisotopic (exact) mass is 300 g/mol. The minimum Gasteiger partial charge on any atom is -0.463 e. The second-order valence-electron chi connectivity index (χ2n) is 5.94. The number of nitrogens with two attached hydrogens (primary N) is 1. The molecule has 0 fully saturated rings. The standard InChI is InChI=1S/C15H16N4OS/c1-15(2)6-8-9(7-21-15)11(10-4-3-5-20-10)17-13-12(8)18-14(16)19-13/h3-5H,6-7H2,1-2H3,(H3,16,17,18,19). The zero-order chi connectivity index (χ0) is 14.6. The first-order valence-electron chi connectivity index (χ1n) is 6.88. The number of imidazole rings is 1. The Labute approximate surface area is 126 Å². The van der Waals surface area contributed by atoms with Gasteiger partial charge in [0.25, 0.3) is 0 Å². The van der Waals surface area contributed by atoms with Gasteiger partial charge in [0.15, 0.2) is 17.4 Å². The van der Waals surface area contributed by atoms with Crippen LogP contribution < -0.4 is 5.73 Å². The Hall–Kier alpha value is -1.95. The Morgan fingerprint density at radius 1 is 1.33 bits per heavy atom. The average molecular weight is 300 g/mol. The van der Waals surface area contributed by atoms with Crippen molar-refractivity contribution in [2.45, 2.75) is 30.8 Å². The van der Waals surface area contributed by atoms with E-state index in [2.05, 4.69) is 28.8 Å². The van der Waals surface area contributed by atoms with Crippen LogP contribution in [0.25, 0.3) is 22.6 Å². The van der Waals surface area contributed by atoms with Crippen LogP contribution in [0.5, 0.6) is 0 Å². The molecule has 0 amide bonds. The van der Waals surface area contributed by atoms with Crippen molar-refractivity contribution >= 4 is 28.9 Å². The lowest BCUT2D eigenvalue weighted by atomic mass is 9.95. The molecule has 0 saturated carbocycles. The lowest BCUT2D eigenvalue weighted by Gasteiger charge is -2.31. The third-order valence-corrected chi connectivity index (χ3v) is 5.20. The van der Waals surface area contributed by atoms with Crippen LogP contribution in [-0.4, -0.2) is 19.7 Å². The van der Waals surface area contributed by atoms with Gasteiger partial charge < -0.3 is 15.1 Å². The summed E-state index contributed by atoms with van der Waals surface area (Å²) in [6, 6.07) is 3.82. The minimum absolute atomic E-state index is 0.196. The first-order valence-corrected chi connectivity index (χ1v) is 7.87. The van der Waals surface area contributed by atoms with E-state index in [1.165, 1.54) is 11.1 Å². The van der Waals surface area contributed by atoms with Crippen molar-refractivity contribution in [2.24, 2.45) is 0 Å². The summed E-state index contributed by atoms with van der Waals surface area (Å²) < 4.78 is 5.75. The van der Waals surface area contributed by atoms with E-state index in [1.54, 1.807) is 6.26 Å². The molecule has 4 heterocycles. The van der Waals surface area contributed by atoms with Crippen molar-refractivity contribution < 1.29 is 4.42 Å². The van der Waals surface area contributed by atoms with Crippen LogP contribution in [0.2, 0.25) is 0 Å². The molecule has 5 nitrogen and oxygen atoms in total. The number of hydrogen-bond acceptors (Lipinski definition) is 5. The van der Waals surface area contributed by atoms with E-state index in [0.29, 0.717) is 11.6 Å². The van der Waals surface area contributed by atoms with Gasteiger partial charge in [-0.25, -0.2) is 4.98 Å². The Bertz CT molecular complexity index is 820. The highest BCUT2D eigenvalue weighted by molar-refractivity contribution is 7.99. The van der Waals surface area contributed by atoms with Crippen molar-refractivity contribution in [3.63, 3.8) is 0 Å². The van der Waals surface area contributed by atoms with Crippen LogP contribution in [0.15, 0.2) is 22.8 Å². The SMILES string of the molecule is CC1(C)Cc2c(c(-c3ccco3)nc3nc(N)[nH]c23)CS1. The lowest BCUT2D eigenvalue weighted by Crippen LogP contribution is -2.24. The van der Waals surface area contributed by atoms with Crippen LogP contribution >= 0.6 is 11.8 Å². The van der Waals surface area contributed by atoms with Crippen LogP contribution in [0, 0.1) is 0 Å². The first kappa shape index (κ1) is 12.8. The summed E-state index contributed by atoms with van der Waals surface area (Å²) in [6.45, 7) is 4.53. The molecule has 0 radical (unpaired) electrons. The van der Waals surface area contributed by atoms with E-state index in [9.17, 15) is 0 Å². The molecule has 3 N–H and O–H groups in total. The highest BCUT2D eigenvalue weighted by Crippen LogP contribution is 2.43. The second-order valence-corrected chi connectivity index (χ2v) is 7.62. The number of aromatic nitrogens is 3. The third kappa shape index (κ3) is 2.01.